The Morgan fingerprint density at radius 1 is 1.44 bits per heavy atom. The molecule has 5 nitrogen and oxygen atoms in total. The Morgan fingerprint density at radius 3 is 2.61 bits per heavy atom. The van der Waals surface area contributed by atoms with Gasteiger partial charge in [-0.15, -0.1) is 0 Å². The minimum atomic E-state index is -0.219. The summed E-state index contributed by atoms with van der Waals surface area (Å²) in [5.41, 5.74) is 0. The topological polar surface area (TPSA) is 50.8 Å². The van der Waals surface area contributed by atoms with Gasteiger partial charge in [0.1, 0.15) is 6.04 Å². The fourth-order valence-corrected chi connectivity index (χ4v) is 2.36. The van der Waals surface area contributed by atoms with Crippen molar-refractivity contribution in [2.75, 3.05) is 47.0 Å². The molecule has 0 bridgehead atoms. The number of carbonyl (C=O) groups is 1. The molecule has 0 spiro atoms. The number of nitrogens with zero attached hydrogens (tertiary/aromatic N) is 1. The largest absolute Gasteiger partial charge is 0.465 e. The van der Waals surface area contributed by atoms with Crippen molar-refractivity contribution in [1.29, 1.82) is 0 Å². The first-order valence-electron chi connectivity index (χ1n) is 6.76. The highest BCUT2D eigenvalue weighted by atomic mass is 16.5. The van der Waals surface area contributed by atoms with Crippen LogP contribution < -0.4 is 5.32 Å². The van der Waals surface area contributed by atoms with Gasteiger partial charge in [0.25, 0.3) is 0 Å². The van der Waals surface area contributed by atoms with Gasteiger partial charge in [-0.05, 0) is 45.8 Å². The summed E-state index contributed by atoms with van der Waals surface area (Å²) in [6.07, 6.45) is 2.29. The molecule has 1 unspecified atom stereocenters. The average molecular weight is 258 g/mol. The van der Waals surface area contributed by atoms with Crippen molar-refractivity contribution in [1.82, 2.24) is 10.2 Å². The van der Waals surface area contributed by atoms with Crippen LogP contribution in [0.15, 0.2) is 0 Å². The van der Waals surface area contributed by atoms with Crippen LogP contribution >= 0.6 is 0 Å². The van der Waals surface area contributed by atoms with Crippen molar-refractivity contribution in [3.63, 3.8) is 0 Å². The van der Waals surface area contributed by atoms with Gasteiger partial charge < -0.3 is 19.7 Å². The normalized spacial score (nSPS) is 19.7. The van der Waals surface area contributed by atoms with Crippen molar-refractivity contribution in [3.8, 4) is 0 Å². The molecule has 0 aromatic carbocycles. The molecule has 0 aromatic rings. The van der Waals surface area contributed by atoms with Crippen molar-refractivity contribution in [3.05, 3.63) is 0 Å². The number of hydrogen-bond donors (Lipinski definition) is 1. The molecule has 1 fully saturated rings. The van der Waals surface area contributed by atoms with Crippen LogP contribution in [-0.2, 0) is 14.3 Å². The van der Waals surface area contributed by atoms with Gasteiger partial charge in [0.15, 0.2) is 0 Å². The van der Waals surface area contributed by atoms with E-state index in [1.54, 1.807) is 14.2 Å². The van der Waals surface area contributed by atoms with E-state index in [-0.39, 0.29) is 12.0 Å². The molecule has 0 aliphatic carbocycles. The van der Waals surface area contributed by atoms with Crippen LogP contribution in [0.4, 0.5) is 0 Å². The summed E-state index contributed by atoms with van der Waals surface area (Å²) < 4.78 is 10.2. The van der Waals surface area contributed by atoms with Gasteiger partial charge in [-0.3, -0.25) is 4.79 Å². The maximum Gasteiger partial charge on any atom is 0.324 e. The van der Waals surface area contributed by atoms with Crippen LogP contribution in [0.2, 0.25) is 0 Å². The number of carbonyl (C=O) groups excluding carboxylic acids is 1. The Bertz CT molecular complexity index is 240. The van der Waals surface area contributed by atoms with Crippen LogP contribution in [-0.4, -0.2) is 63.9 Å². The predicted octanol–water partition coefficient (Wildman–Crippen LogP) is 0.496. The van der Waals surface area contributed by atoms with Gasteiger partial charge in [0.05, 0.1) is 6.61 Å². The molecule has 0 radical (unpaired) electrons. The molecule has 1 saturated heterocycles. The monoisotopic (exact) mass is 258 g/mol. The summed E-state index contributed by atoms with van der Waals surface area (Å²) in [5, 5.41) is 3.03. The molecule has 0 aromatic heterocycles. The zero-order valence-corrected chi connectivity index (χ0v) is 11.8. The fourth-order valence-electron chi connectivity index (χ4n) is 2.36. The van der Waals surface area contributed by atoms with Gasteiger partial charge in [-0.2, -0.15) is 0 Å². The third kappa shape index (κ3) is 4.92. The number of ether oxygens (including phenoxy) is 2. The van der Waals surface area contributed by atoms with E-state index in [4.69, 9.17) is 9.47 Å². The van der Waals surface area contributed by atoms with E-state index in [1.165, 1.54) is 0 Å². The summed E-state index contributed by atoms with van der Waals surface area (Å²) in [5.74, 6) is 0.515. The summed E-state index contributed by atoms with van der Waals surface area (Å²) in [7, 11) is 3.56. The second-order valence-electron chi connectivity index (χ2n) is 4.79. The highest BCUT2D eigenvalue weighted by Crippen LogP contribution is 2.17. The minimum absolute atomic E-state index is 0.154. The minimum Gasteiger partial charge on any atom is -0.465 e. The zero-order chi connectivity index (χ0) is 13.4. The number of piperidine rings is 1. The molecule has 5 heteroatoms. The Kier molecular flexibility index (Phi) is 7.23. The lowest BCUT2D eigenvalue weighted by Crippen LogP contribution is -2.48. The lowest BCUT2D eigenvalue weighted by molar-refractivity contribution is -0.146. The molecular formula is C13H26N2O3. The van der Waals surface area contributed by atoms with E-state index >= 15 is 0 Å². The third-order valence-electron chi connectivity index (χ3n) is 3.47. The number of esters is 1. The van der Waals surface area contributed by atoms with E-state index in [9.17, 15) is 4.79 Å². The molecule has 106 valence electrons. The molecule has 1 heterocycles. The first-order valence-corrected chi connectivity index (χ1v) is 6.76. The van der Waals surface area contributed by atoms with E-state index in [1.807, 2.05) is 6.92 Å². The summed E-state index contributed by atoms with van der Waals surface area (Å²) in [6.45, 7) is 5.92. The van der Waals surface area contributed by atoms with Gasteiger partial charge in [0, 0.05) is 20.3 Å². The summed E-state index contributed by atoms with van der Waals surface area (Å²) in [4.78, 5) is 14.0. The van der Waals surface area contributed by atoms with Crippen molar-refractivity contribution in [2.45, 2.75) is 25.8 Å². The molecule has 1 rings (SSSR count). The fraction of sp³-hybridized carbons (Fsp3) is 0.923. The van der Waals surface area contributed by atoms with Crippen LogP contribution in [0.25, 0.3) is 0 Å². The quantitative estimate of drug-likeness (QED) is 0.674. The van der Waals surface area contributed by atoms with Crippen LogP contribution in [0.5, 0.6) is 0 Å². The lowest BCUT2D eigenvalue weighted by atomic mass is 9.97. The molecule has 18 heavy (non-hydrogen) atoms. The van der Waals surface area contributed by atoms with Crippen LogP contribution in [0, 0.1) is 5.92 Å². The Hall–Kier alpha value is -0.650. The third-order valence-corrected chi connectivity index (χ3v) is 3.47. The highest BCUT2D eigenvalue weighted by Gasteiger charge is 2.24. The maximum absolute atomic E-state index is 11.7. The summed E-state index contributed by atoms with van der Waals surface area (Å²) in [6, 6.07) is -0.219. The lowest BCUT2D eigenvalue weighted by Gasteiger charge is -2.33. The number of likely N-dealkylation sites (N-methyl/N-ethyl adjacent to an activating group) is 1. The zero-order valence-electron chi connectivity index (χ0n) is 11.8. The number of rotatable bonds is 7. The Labute approximate surface area is 110 Å². The van der Waals surface area contributed by atoms with Crippen molar-refractivity contribution in [2.24, 2.45) is 5.92 Å². The Balaban J connectivity index is 2.31. The molecule has 1 aliphatic rings. The van der Waals surface area contributed by atoms with Gasteiger partial charge in [0.2, 0.25) is 0 Å². The second kappa shape index (κ2) is 8.45. The molecule has 0 amide bonds. The molecular weight excluding hydrogens is 232 g/mol. The van der Waals surface area contributed by atoms with Crippen molar-refractivity contribution >= 4 is 5.97 Å². The number of nitrogens with one attached hydrogen (secondary N) is 1. The van der Waals surface area contributed by atoms with Gasteiger partial charge in [-0.25, -0.2) is 0 Å². The van der Waals surface area contributed by atoms with E-state index < -0.39 is 0 Å². The van der Waals surface area contributed by atoms with Crippen molar-refractivity contribution < 1.29 is 14.3 Å². The van der Waals surface area contributed by atoms with Crippen LogP contribution in [0.1, 0.15) is 19.8 Å². The molecule has 1 aliphatic heterocycles. The molecule has 0 saturated carbocycles. The molecule has 1 N–H and O–H groups in total. The second-order valence-corrected chi connectivity index (χ2v) is 4.79. The molecule has 1 atom stereocenters. The SMILES string of the molecule is CCOC(=O)C(CN1CCC(COC)CC1)NC. The van der Waals surface area contributed by atoms with Crippen LogP contribution in [0.3, 0.4) is 0 Å². The smallest absolute Gasteiger partial charge is 0.324 e. The first-order chi connectivity index (χ1) is 8.71. The van der Waals surface area contributed by atoms with Gasteiger partial charge >= 0.3 is 5.97 Å². The predicted molar refractivity (Wildman–Crippen MR) is 70.5 cm³/mol. The number of likely N-dealkylation sites (tertiary alicyclic amines) is 1. The average Bonchev–Trinajstić information content (AvgIpc) is 2.38. The standard InChI is InChI=1S/C13H26N2O3/c1-4-18-13(16)12(14-2)9-15-7-5-11(6-8-15)10-17-3/h11-12,14H,4-10H2,1-3H3. The summed E-state index contributed by atoms with van der Waals surface area (Å²) >= 11 is 0. The maximum atomic E-state index is 11.7. The first kappa shape index (κ1) is 15.4. The van der Waals surface area contributed by atoms with E-state index in [0.29, 0.717) is 12.5 Å². The highest BCUT2D eigenvalue weighted by molar-refractivity contribution is 5.76. The van der Waals surface area contributed by atoms with Gasteiger partial charge in [-0.1, -0.05) is 0 Å². The van der Waals surface area contributed by atoms with E-state index in [0.717, 1.165) is 39.1 Å². The number of methoxy groups -OCH3 is 1. The number of hydrogen-bond acceptors (Lipinski definition) is 5. The Morgan fingerprint density at radius 2 is 2.11 bits per heavy atom. The van der Waals surface area contributed by atoms with E-state index in [2.05, 4.69) is 10.2 Å².